The van der Waals surface area contributed by atoms with Crippen molar-refractivity contribution in [2.45, 2.75) is 68.2 Å². The van der Waals surface area contributed by atoms with E-state index in [9.17, 15) is 0 Å². The molecule has 42 heavy (non-hydrogen) atoms. The molecular weight excluding hydrogens is 524 g/mol. The number of nitrogens with one attached hydrogen (secondary N) is 1. The van der Waals surface area contributed by atoms with Gasteiger partial charge in [-0.1, -0.05) is 18.2 Å². The molecule has 0 saturated carbocycles. The van der Waals surface area contributed by atoms with Crippen molar-refractivity contribution < 1.29 is 4.74 Å². The van der Waals surface area contributed by atoms with Gasteiger partial charge in [0.15, 0.2) is 5.65 Å². The summed E-state index contributed by atoms with van der Waals surface area (Å²) in [6, 6.07) is 20.6. The monoisotopic (exact) mass is 562 g/mol. The average Bonchev–Trinajstić information content (AvgIpc) is 3.36. The van der Waals surface area contributed by atoms with Crippen LogP contribution in [0.4, 0.5) is 5.82 Å². The number of para-hydroxylation sites is 1. The van der Waals surface area contributed by atoms with Crippen LogP contribution in [0.1, 0.15) is 44.6 Å². The number of likely N-dealkylation sites (tertiary alicyclic amines) is 1. The lowest BCUT2D eigenvalue weighted by Gasteiger charge is -2.77. The number of benzene rings is 2. The van der Waals surface area contributed by atoms with Gasteiger partial charge in [-0.2, -0.15) is 5.10 Å². The molecule has 2 aromatic carbocycles. The van der Waals surface area contributed by atoms with Crippen LogP contribution in [0.15, 0.2) is 60.9 Å². The summed E-state index contributed by atoms with van der Waals surface area (Å²) < 4.78 is 8.14. The van der Waals surface area contributed by atoms with E-state index in [1.54, 1.807) is 6.33 Å². The van der Waals surface area contributed by atoms with Gasteiger partial charge in [0.25, 0.3) is 0 Å². The summed E-state index contributed by atoms with van der Waals surface area (Å²) in [5, 5.41) is 9.49. The van der Waals surface area contributed by atoms with E-state index in [0.29, 0.717) is 17.4 Å². The van der Waals surface area contributed by atoms with E-state index in [1.165, 1.54) is 38.8 Å². The Morgan fingerprint density at radius 3 is 2.24 bits per heavy atom. The largest absolute Gasteiger partial charge is 0.457 e. The van der Waals surface area contributed by atoms with Crippen LogP contribution in [0.3, 0.4) is 0 Å². The summed E-state index contributed by atoms with van der Waals surface area (Å²) in [5.74, 6) is 2.98. The zero-order valence-electron chi connectivity index (χ0n) is 23.9. The first-order valence-corrected chi connectivity index (χ1v) is 15.7. The molecule has 2 atom stereocenters. The maximum Gasteiger partial charge on any atom is 0.164 e. The van der Waals surface area contributed by atoms with Crippen molar-refractivity contribution >= 4 is 16.9 Å². The smallest absolute Gasteiger partial charge is 0.164 e. The standard InChI is InChI=1S/C33H38N8O/c34-31-29-30(21-6-8-28(9-7-21)42-27-4-2-1-3-5-27)38-41(32(29)37-20-36-31)23-10-12-39(13-11-23)24-14-25-16-33(22-18-35-19-22)17-26(15-24)40(25)33/h1-9,20,22-26,35H,10-19H2,(H2,34,36,37). The summed E-state index contributed by atoms with van der Waals surface area (Å²) in [5.41, 5.74) is 9.67. The number of nitrogens with zero attached hydrogens (tertiary/aromatic N) is 6. The van der Waals surface area contributed by atoms with Crippen LogP contribution in [0.2, 0.25) is 0 Å². The van der Waals surface area contributed by atoms with Crippen LogP contribution in [0, 0.1) is 5.92 Å². The molecule has 5 fully saturated rings. The van der Waals surface area contributed by atoms with Crippen LogP contribution in [-0.2, 0) is 0 Å². The number of hydrogen-bond acceptors (Lipinski definition) is 8. The number of rotatable bonds is 6. The Hall–Kier alpha value is -3.53. The third kappa shape index (κ3) is 3.76. The number of nitrogen functional groups attached to an aromatic ring is 1. The zero-order chi connectivity index (χ0) is 27.8. The molecule has 0 radical (unpaired) electrons. The topological polar surface area (TPSA) is 97.4 Å². The van der Waals surface area contributed by atoms with Gasteiger partial charge in [-0.3, -0.25) is 4.90 Å². The Labute approximate surface area is 246 Å². The van der Waals surface area contributed by atoms with E-state index in [0.717, 1.165) is 83.8 Å². The number of piperidine rings is 3. The SMILES string of the molecule is Nc1ncnc2c1c(-c1ccc(Oc3ccccc3)cc1)nn2C1CCN(C2CC3CC4(C5CNC5)CC(C2)N34)CC1. The highest BCUT2D eigenvalue weighted by molar-refractivity contribution is 5.98. The third-order valence-electron chi connectivity index (χ3n) is 11.1. The molecule has 5 saturated heterocycles. The fraction of sp³-hybridized carbons (Fsp3) is 0.485. The van der Waals surface area contributed by atoms with Crippen molar-refractivity contribution in [2.75, 3.05) is 31.9 Å². The minimum Gasteiger partial charge on any atom is -0.457 e. The molecule has 0 amide bonds. The number of nitrogens with two attached hydrogens (primary N) is 1. The summed E-state index contributed by atoms with van der Waals surface area (Å²) in [7, 11) is 0. The fourth-order valence-corrected chi connectivity index (χ4v) is 8.99. The van der Waals surface area contributed by atoms with Gasteiger partial charge < -0.3 is 20.7 Å². The van der Waals surface area contributed by atoms with Gasteiger partial charge in [-0.15, -0.1) is 0 Å². The number of anilines is 1. The first-order chi connectivity index (χ1) is 20.7. The van der Waals surface area contributed by atoms with Crippen LogP contribution in [0.25, 0.3) is 22.3 Å². The third-order valence-corrected chi connectivity index (χ3v) is 11.1. The first-order valence-electron chi connectivity index (χ1n) is 15.7. The molecule has 216 valence electrons. The van der Waals surface area contributed by atoms with Crippen molar-refractivity contribution in [3.8, 4) is 22.8 Å². The summed E-state index contributed by atoms with van der Waals surface area (Å²) in [4.78, 5) is 14.7. The highest BCUT2D eigenvalue weighted by atomic mass is 16.5. The minimum absolute atomic E-state index is 0.304. The lowest BCUT2D eigenvalue weighted by atomic mass is 9.53. The van der Waals surface area contributed by atoms with Gasteiger partial charge in [0, 0.05) is 61.3 Å². The van der Waals surface area contributed by atoms with E-state index >= 15 is 0 Å². The van der Waals surface area contributed by atoms with Crippen LogP contribution >= 0.6 is 0 Å². The molecule has 3 N–H and O–H groups in total. The lowest BCUT2D eigenvalue weighted by Crippen LogP contribution is -2.86. The molecule has 4 aromatic rings. The molecule has 9 nitrogen and oxygen atoms in total. The van der Waals surface area contributed by atoms with Crippen LogP contribution in [0.5, 0.6) is 11.5 Å². The fourth-order valence-electron chi connectivity index (χ4n) is 8.99. The van der Waals surface area contributed by atoms with Crippen molar-refractivity contribution in [1.29, 1.82) is 0 Å². The minimum atomic E-state index is 0.304. The molecule has 5 aliphatic rings. The van der Waals surface area contributed by atoms with Crippen LogP contribution < -0.4 is 15.8 Å². The highest BCUT2D eigenvalue weighted by Gasteiger charge is 2.68. The lowest BCUT2D eigenvalue weighted by molar-refractivity contribution is -0.259. The van der Waals surface area contributed by atoms with E-state index < -0.39 is 0 Å². The molecule has 9 heteroatoms. The van der Waals surface area contributed by atoms with Crippen molar-refractivity contribution in [3.05, 3.63) is 60.9 Å². The number of fused-ring (bicyclic) bond motifs is 1. The summed E-state index contributed by atoms with van der Waals surface area (Å²) in [6.07, 6.45) is 9.30. The van der Waals surface area contributed by atoms with Gasteiger partial charge in [0.05, 0.1) is 11.4 Å². The van der Waals surface area contributed by atoms with Gasteiger partial charge in [0.1, 0.15) is 29.3 Å². The molecule has 2 unspecified atom stereocenters. The highest BCUT2D eigenvalue weighted by Crippen LogP contribution is 2.61. The summed E-state index contributed by atoms with van der Waals surface area (Å²) in [6.45, 7) is 4.72. The van der Waals surface area contributed by atoms with E-state index in [1.807, 2.05) is 54.6 Å². The Morgan fingerprint density at radius 1 is 0.833 bits per heavy atom. The van der Waals surface area contributed by atoms with Crippen molar-refractivity contribution in [1.82, 2.24) is 34.9 Å². The van der Waals surface area contributed by atoms with Crippen molar-refractivity contribution in [3.63, 3.8) is 0 Å². The molecule has 2 aromatic heterocycles. The first kappa shape index (κ1) is 25.0. The Morgan fingerprint density at radius 2 is 1.55 bits per heavy atom. The second-order valence-corrected chi connectivity index (χ2v) is 13.2. The van der Waals surface area contributed by atoms with E-state index in [2.05, 4.69) is 29.8 Å². The maximum absolute atomic E-state index is 6.43. The quantitative estimate of drug-likeness (QED) is 0.355. The number of hydrogen-bond donors (Lipinski definition) is 2. The Bertz CT molecular complexity index is 1590. The summed E-state index contributed by atoms with van der Waals surface area (Å²) >= 11 is 0. The van der Waals surface area contributed by atoms with E-state index in [-0.39, 0.29) is 0 Å². The molecular formula is C33H38N8O. The number of aromatic nitrogens is 4. The average molecular weight is 563 g/mol. The predicted molar refractivity (Wildman–Crippen MR) is 162 cm³/mol. The molecule has 0 bridgehead atoms. The second-order valence-electron chi connectivity index (χ2n) is 13.2. The normalized spacial score (nSPS) is 29.9. The van der Waals surface area contributed by atoms with Gasteiger partial charge in [-0.25, -0.2) is 14.6 Å². The van der Waals surface area contributed by atoms with E-state index in [4.69, 9.17) is 15.6 Å². The maximum atomic E-state index is 6.43. The van der Waals surface area contributed by atoms with Crippen LogP contribution in [-0.4, -0.2) is 79.4 Å². The number of ether oxygens (including phenoxy) is 1. The second kappa shape index (κ2) is 9.49. The zero-order valence-corrected chi connectivity index (χ0v) is 23.9. The Balaban J connectivity index is 0.910. The van der Waals surface area contributed by atoms with Gasteiger partial charge in [-0.05, 0) is 74.9 Å². The predicted octanol–water partition coefficient (Wildman–Crippen LogP) is 4.47. The van der Waals surface area contributed by atoms with Gasteiger partial charge >= 0.3 is 0 Å². The molecule has 7 heterocycles. The molecule has 0 spiro atoms. The molecule has 0 aliphatic carbocycles. The Kier molecular flexibility index (Phi) is 5.65. The van der Waals surface area contributed by atoms with Gasteiger partial charge in [0.2, 0.25) is 0 Å². The molecule has 9 rings (SSSR count). The molecule has 5 aliphatic heterocycles. The van der Waals surface area contributed by atoms with Crippen molar-refractivity contribution in [2.24, 2.45) is 5.92 Å².